The van der Waals surface area contributed by atoms with Gasteiger partial charge >= 0.3 is 0 Å². The summed E-state index contributed by atoms with van der Waals surface area (Å²) >= 11 is 6.13. The van der Waals surface area contributed by atoms with Crippen LogP contribution >= 0.6 is 11.6 Å². The topological polar surface area (TPSA) is 55.6 Å². The van der Waals surface area contributed by atoms with Crippen LogP contribution in [0.5, 0.6) is 0 Å². The lowest BCUT2D eigenvalue weighted by Crippen LogP contribution is -2.36. The van der Waals surface area contributed by atoms with Gasteiger partial charge in [-0.1, -0.05) is 19.8 Å². The van der Waals surface area contributed by atoms with E-state index < -0.39 is 0 Å². The molecule has 0 saturated heterocycles. The van der Waals surface area contributed by atoms with Gasteiger partial charge in [-0.15, -0.1) is 11.6 Å². The van der Waals surface area contributed by atoms with Gasteiger partial charge in [-0.2, -0.15) is 0 Å². The van der Waals surface area contributed by atoms with E-state index in [0.29, 0.717) is 11.9 Å². The van der Waals surface area contributed by atoms with Gasteiger partial charge in [-0.05, 0) is 33.1 Å². The van der Waals surface area contributed by atoms with E-state index in [4.69, 9.17) is 11.6 Å². The summed E-state index contributed by atoms with van der Waals surface area (Å²) in [4.78, 5) is 13.8. The molecule has 1 aliphatic carbocycles. The molecule has 0 amide bonds. The van der Waals surface area contributed by atoms with Crippen molar-refractivity contribution in [2.75, 3.05) is 11.2 Å². The number of hydrogen-bond donors (Lipinski definition) is 1. The average molecular weight is 322 g/mol. The van der Waals surface area contributed by atoms with Gasteiger partial charge in [0.1, 0.15) is 11.3 Å². The van der Waals surface area contributed by atoms with E-state index in [1.54, 1.807) is 0 Å². The summed E-state index contributed by atoms with van der Waals surface area (Å²) in [5, 5.41) is 3.48. The van der Waals surface area contributed by atoms with Crippen LogP contribution in [-0.4, -0.2) is 30.9 Å². The summed E-state index contributed by atoms with van der Waals surface area (Å²) < 4.78 is 2.23. The molecule has 5 nitrogen and oxygen atoms in total. The molecular formula is C16H24ClN5. The Hall–Kier alpha value is -1.36. The van der Waals surface area contributed by atoms with Crippen molar-refractivity contribution in [2.45, 2.75) is 64.5 Å². The molecule has 1 atom stereocenters. The van der Waals surface area contributed by atoms with Gasteiger partial charge in [0.05, 0.1) is 6.33 Å². The second-order valence-corrected chi connectivity index (χ2v) is 6.82. The Balaban J connectivity index is 2.04. The van der Waals surface area contributed by atoms with Crippen molar-refractivity contribution < 1.29 is 0 Å². The van der Waals surface area contributed by atoms with E-state index in [1.807, 2.05) is 13.3 Å². The van der Waals surface area contributed by atoms with E-state index in [-0.39, 0.29) is 5.54 Å². The molecule has 0 spiro atoms. The van der Waals surface area contributed by atoms with Crippen molar-refractivity contribution in [1.82, 2.24) is 19.5 Å². The molecule has 1 saturated carbocycles. The first-order valence-corrected chi connectivity index (χ1v) is 8.65. The number of aromatic nitrogens is 4. The van der Waals surface area contributed by atoms with Crippen LogP contribution in [0.4, 0.5) is 5.82 Å². The third-order valence-corrected chi connectivity index (χ3v) is 5.34. The third-order valence-electron chi connectivity index (χ3n) is 4.75. The van der Waals surface area contributed by atoms with Crippen molar-refractivity contribution >= 4 is 28.6 Å². The quantitative estimate of drug-likeness (QED) is 0.843. The largest absolute Gasteiger partial charge is 0.362 e. The summed E-state index contributed by atoms with van der Waals surface area (Å²) in [5.41, 5.74) is 1.60. The number of anilines is 1. The van der Waals surface area contributed by atoms with Crippen LogP contribution in [-0.2, 0) is 0 Å². The van der Waals surface area contributed by atoms with Gasteiger partial charge in [0.2, 0.25) is 0 Å². The number of nitrogens with zero attached hydrogens (tertiary/aromatic N) is 4. The smallest absolute Gasteiger partial charge is 0.166 e. The Kier molecular flexibility index (Phi) is 4.26. The Morgan fingerprint density at radius 2 is 2.09 bits per heavy atom. The molecule has 0 radical (unpaired) electrons. The summed E-state index contributed by atoms with van der Waals surface area (Å²) in [6.45, 7) is 6.16. The van der Waals surface area contributed by atoms with Crippen LogP contribution in [0.1, 0.15) is 57.8 Å². The zero-order valence-electron chi connectivity index (χ0n) is 13.6. The lowest BCUT2D eigenvalue weighted by atomic mass is 10.0. The monoisotopic (exact) mass is 321 g/mol. The lowest BCUT2D eigenvalue weighted by molar-refractivity contribution is 0.528. The highest BCUT2D eigenvalue weighted by molar-refractivity contribution is 6.18. The molecule has 120 valence electrons. The van der Waals surface area contributed by atoms with E-state index in [1.165, 1.54) is 25.7 Å². The highest BCUT2D eigenvalue weighted by Crippen LogP contribution is 2.33. The maximum absolute atomic E-state index is 6.13. The van der Waals surface area contributed by atoms with Crippen molar-refractivity contribution in [3.63, 3.8) is 0 Å². The summed E-state index contributed by atoms with van der Waals surface area (Å²) in [6.07, 6.45) is 7.85. The van der Waals surface area contributed by atoms with Gasteiger partial charge in [-0.3, -0.25) is 0 Å². The molecule has 3 rings (SSSR count). The number of hydrogen-bond acceptors (Lipinski definition) is 4. The van der Waals surface area contributed by atoms with Crippen LogP contribution in [0, 0.1) is 6.92 Å². The maximum atomic E-state index is 6.13. The molecule has 0 aromatic carbocycles. The minimum atomic E-state index is -0.188. The second-order valence-electron chi connectivity index (χ2n) is 6.55. The number of rotatable bonds is 5. The normalized spacial score (nSPS) is 18.7. The summed E-state index contributed by atoms with van der Waals surface area (Å²) in [7, 11) is 0. The first-order chi connectivity index (χ1) is 10.6. The van der Waals surface area contributed by atoms with Crippen LogP contribution in [0.15, 0.2) is 6.33 Å². The van der Waals surface area contributed by atoms with Crippen molar-refractivity contribution in [3.05, 3.63) is 12.2 Å². The van der Waals surface area contributed by atoms with Gasteiger partial charge in [-0.25, -0.2) is 15.0 Å². The first kappa shape index (κ1) is 15.5. The Bertz CT molecular complexity index is 656. The molecule has 1 fully saturated rings. The van der Waals surface area contributed by atoms with Gasteiger partial charge in [0.25, 0.3) is 0 Å². The molecule has 1 unspecified atom stereocenters. The minimum Gasteiger partial charge on any atom is -0.362 e. The SMILES string of the molecule is CCC(C)(CCl)Nc1nc(C)nc2c1ncn2C1CCCC1. The van der Waals surface area contributed by atoms with Crippen molar-refractivity contribution in [3.8, 4) is 0 Å². The number of alkyl halides is 1. The molecule has 22 heavy (non-hydrogen) atoms. The number of nitrogens with one attached hydrogen (secondary N) is 1. The summed E-state index contributed by atoms with van der Waals surface area (Å²) in [5.74, 6) is 2.09. The molecule has 2 heterocycles. The fourth-order valence-corrected chi connectivity index (χ4v) is 3.32. The molecule has 2 aromatic heterocycles. The van der Waals surface area contributed by atoms with Gasteiger partial charge < -0.3 is 9.88 Å². The lowest BCUT2D eigenvalue weighted by Gasteiger charge is -2.27. The highest BCUT2D eigenvalue weighted by atomic mass is 35.5. The first-order valence-electron chi connectivity index (χ1n) is 8.11. The predicted molar refractivity (Wildman–Crippen MR) is 90.6 cm³/mol. The standard InChI is InChI=1S/C16H24ClN5/c1-4-16(3,9-17)21-14-13-15(20-11(2)19-14)22(10-18-13)12-7-5-6-8-12/h10,12H,4-9H2,1-3H3,(H,19,20,21). The van der Waals surface area contributed by atoms with Gasteiger partial charge in [0, 0.05) is 17.5 Å². The summed E-state index contributed by atoms with van der Waals surface area (Å²) in [6, 6.07) is 0.526. The van der Waals surface area contributed by atoms with Crippen molar-refractivity contribution in [1.29, 1.82) is 0 Å². The average Bonchev–Trinajstić information content (AvgIpc) is 3.15. The Labute approximate surface area is 136 Å². The van der Waals surface area contributed by atoms with Crippen LogP contribution in [0.3, 0.4) is 0 Å². The molecule has 1 aliphatic rings. The van der Waals surface area contributed by atoms with E-state index in [2.05, 4.69) is 38.7 Å². The number of halogens is 1. The zero-order valence-corrected chi connectivity index (χ0v) is 14.3. The van der Waals surface area contributed by atoms with E-state index in [9.17, 15) is 0 Å². The Morgan fingerprint density at radius 3 is 2.73 bits per heavy atom. The van der Waals surface area contributed by atoms with Crippen molar-refractivity contribution in [2.24, 2.45) is 0 Å². The van der Waals surface area contributed by atoms with Gasteiger partial charge in [0.15, 0.2) is 11.5 Å². The molecule has 0 aliphatic heterocycles. The van der Waals surface area contributed by atoms with Crippen LogP contribution in [0.2, 0.25) is 0 Å². The maximum Gasteiger partial charge on any atom is 0.166 e. The Morgan fingerprint density at radius 1 is 1.36 bits per heavy atom. The van der Waals surface area contributed by atoms with Crippen LogP contribution in [0.25, 0.3) is 11.2 Å². The highest BCUT2D eigenvalue weighted by Gasteiger charge is 2.25. The minimum absolute atomic E-state index is 0.188. The fraction of sp³-hybridized carbons (Fsp3) is 0.688. The fourth-order valence-electron chi connectivity index (χ4n) is 3.06. The van der Waals surface area contributed by atoms with E-state index >= 15 is 0 Å². The molecule has 0 bridgehead atoms. The number of aryl methyl sites for hydroxylation is 1. The van der Waals surface area contributed by atoms with Crippen LogP contribution < -0.4 is 5.32 Å². The third kappa shape index (κ3) is 2.78. The number of imidazole rings is 1. The van der Waals surface area contributed by atoms with E-state index in [0.717, 1.165) is 29.2 Å². The molecule has 6 heteroatoms. The predicted octanol–water partition coefficient (Wildman–Crippen LogP) is 4.07. The second kappa shape index (κ2) is 6.03. The molecule has 2 aromatic rings. The number of fused-ring (bicyclic) bond motifs is 1. The zero-order chi connectivity index (χ0) is 15.7. The molecule has 1 N–H and O–H groups in total. The molecular weight excluding hydrogens is 298 g/mol.